The average Bonchev–Trinajstić information content (AvgIpc) is 2.98. The van der Waals surface area contributed by atoms with Gasteiger partial charge in [-0.1, -0.05) is 18.2 Å². The summed E-state index contributed by atoms with van der Waals surface area (Å²) < 4.78 is 28.5. The molecule has 0 saturated heterocycles. The Kier molecular flexibility index (Phi) is 3.60. The lowest BCUT2D eigenvalue weighted by Gasteiger charge is -2.04. The second-order valence-electron chi connectivity index (χ2n) is 4.58. The minimum atomic E-state index is -3.78. The van der Waals surface area contributed by atoms with Crippen LogP contribution < -0.4 is 4.72 Å². The zero-order valence-electron chi connectivity index (χ0n) is 11.7. The summed E-state index contributed by atoms with van der Waals surface area (Å²) in [4.78, 5) is 7.95. The molecular formula is C14H13N5O2S. The Morgan fingerprint density at radius 1 is 1.14 bits per heavy atom. The summed E-state index contributed by atoms with van der Waals surface area (Å²) in [6, 6.07) is 10.9. The molecule has 0 unspecified atom stereocenters. The van der Waals surface area contributed by atoms with Crippen molar-refractivity contribution in [3.8, 4) is 5.69 Å². The topological polar surface area (TPSA) is 89.8 Å². The number of hydrogen-bond donors (Lipinski definition) is 1. The summed E-state index contributed by atoms with van der Waals surface area (Å²) in [6.45, 7) is 1.76. The number of aryl methyl sites for hydroxylation is 1. The smallest absolute Gasteiger partial charge is 0.247 e. The summed E-state index contributed by atoms with van der Waals surface area (Å²) in [5, 5.41) is 4.07. The molecule has 3 aromatic rings. The maximum absolute atomic E-state index is 12.3. The monoisotopic (exact) mass is 315 g/mol. The van der Waals surface area contributed by atoms with Gasteiger partial charge < -0.3 is 0 Å². The maximum Gasteiger partial charge on any atom is 0.267 e. The van der Waals surface area contributed by atoms with Crippen LogP contribution in [0.15, 0.2) is 59.9 Å². The molecule has 112 valence electrons. The molecule has 0 fully saturated rings. The molecule has 0 spiro atoms. The number of hydrogen-bond acceptors (Lipinski definition) is 5. The van der Waals surface area contributed by atoms with Gasteiger partial charge in [-0.25, -0.2) is 27.8 Å². The van der Waals surface area contributed by atoms with E-state index in [4.69, 9.17) is 0 Å². The van der Waals surface area contributed by atoms with Crippen molar-refractivity contribution >= 4 is 16.0 Å². The van der Waals surface area contributed by atoms with E-state index in [1.165, 1.54) is 23.3 Å². The molecule has 1 aromatic carbocycles. The molecule has 0 radical (unpaired) electrons. The molecule has 0 aliphatic rings. The second kappa shape index (κ2) is 5.57. The van der Waals surface area contributed by atoms with Crippen molar-refractivity contribution in [1.82, 2.24) is 19.7 Å². The predicted molar refractivity (Wildman–Crippen MR) is 81.1 cm³/mol. The van der Waals surface area contributed by atoms with Crippen LogP contribution in [0.1, 0.15) is 5.69 Å². The minimum Gasteiger partial charge on any atom is -0.247 e. The van der Waals surface area contributed by atoms with Crippen LogP contribution in [0.3, 0.4) is 0 Å². The van der Waals surface area contributed by atoms with Crippen LogP contribution >= 0.6 is 0 Å². The summed E-state index contributed by atoms with van der Waals surface area (Å²) in [5.74, 6) is 0.0347. The summed E-state index contributed by atoms with van der Waals surface area (Å²) in [7, 11) is -3.78. The average molecular weight is 315 g/mol. The third kappa shape index (κ3) is 2.96. The highest BCUT2D eigenvalue weighted by Gasteiger charge is 2.18. The molecule has 3 rings (SSSR count). The van der Waals surface area contributed by atoms with Gasteiger partial charge in [0.15, 0.2) is 0 Å². The van der Waals surface area contributed by atoms with Gasteiger partial charge in [0.2, 0.25) is 5.95 Å². The van der Waals surface area contributed by atoms with Gasteiger partial charge in [-0.05, 0) is 25.1 Å². The molecule has 0 aliphatic heterocycles. The lowest BCUT2D eigenvalue weighted by Crippen LogP contribution is -2.14. The van der Waals surface area contributed by atoms with Crippen LogP contribution in [-0.2, 0) is 10.0 Å². The van der Waals surface area contributed by atoms with Crippen molar-refractivity contribution in [3.05, 3.63) is 60.7 Å². The Balaban J connectivity index is 1.89. The number of anilines is 1. The minimum absolute atomic E-state index is 0.0347. The van der Waals surface area contributed by atoms with Crippen LogP contribution in [-0.4, -0.2) is 28.2 Å². The van der Waals surface area contributed by atoms with Crippen molar-refractivity contribution in [2.75, 3.05) is 4.72 Å². The SMILES string of the molecule is Cc1ccnc(NS(=O)(=O)c2cnn(-c3ccccc3)c2)n1. The van der Waals surface area contributed by atoms with E-state index in [1.54, 1.807) is 13.0 Å². The quantitative estimate of drug-likeness (QED) is 0.792. The van der Waals surface area contributed by atoms with Gasteiger partial charge in [-0.3, -0.25) is 0 Å². The highest BCUT2D eigenvalue weighted by atomic mass is 32.2. The fourth-order valence-electron chi connectivity index (χ4n) is 1.84. The number of aromatic nitrogens is 4. The van der Waals surface area contributed by atoms with Crippen LogP contribution in [0.2, 0.25) is 0 Å². The lowest BCUT2D eigenvalue weighted by atomic mass is 10.3. The van der Waals surface area contributed by atoms with Crippen molar-refractivity contribution < 1.29 is 8.42 Å². The normalized spacial score (nSPS) is 11.3. The number of benzene rings is 1. The highest BCUT2D eigenvalue weighted by molar-refractivity contribution is 7.92. The summed E-state index contributed by atoms with van der Waals surface area (Å²) >= 11 is 0. The number of rotatable bonds is 4. The fourth-order valence-corrected chi connectivity index (χ4v) is 2.73. The Morgan fingerprint density at radius 2 is 1.91 bits per heavy atom. The molecule has 0 amide bonds. The first kappa shape index (κ1) is 14.2. The van der Waals surface area contributed by atoms with E-state index in [-0.39, 0.29) is 10.8 Å². The van der Waals surface area contributed by atoms with E-state index in [1.807, 2.05) is 30.3 Å². The van der Waals surface area contributed by atoms with Crippen molar-refractivity contribution in [1.29, 1.82) is 0 Å². The van der Waals surface area contributed by atoms with Crippen LogP contribution in [0.4, 0.5) is 5.95 Å². The van der Waals surface area contributed by atoms with Crippen LogP contribution in [0.5, 0.6) is 0 Å². The standard InChI is InChI=1S/C14H13N5O2S/c1-11-7-8-15-14(17-11)18-22(20,21)13-9-16-19(10-13)12-5-3-2-4-6-12/h2-10H,1H3,(H,15,17,18). The number of para-hydroxylation sites is 1. The van der Waals surface area contributed by atoms with E-state index >= 15 is 0 Å². The molecule has 1 N–H and O–H groups in total. The first-order valence-electron chi connectivity index (χ1n) is 6.47. The number of nitrogens with zero attached hydrogens (tertiary/aromatic N) is 4. The number of nitrogens with one attached hydrogen (secondary N) is 1. The largest absolute Gasteiger partial charge is 0.267 e. The van der Waals surface area contributed by atoms with Crippen molar-refractivity contribution in [2.45, 2.75) is 11.8 Å². The van der Waals surface area contributed by atoms with Crippen LogP contribution in [0.25, 0.3) is 5.69 Å². The molecule has 2 heterocycles. The fraction of sp³-hybridized carbons (Fsp3) is 0.0714. The zero-order chi connectivity index (χ0) is 15.6. The summed E-state index contributed by atoms with van der Waals surface area (Å²) in [6.07, 6.45) is 4.21. The van der Waals surface area contributed by atoms with Gasteiger partial charge >= 0.3 is 0 Å². The van der Waals surface area contributed by atoms with Crippen molar-refractivity contribution in [2.24, 2.45) is 0 Å². The molecule has 22 heavy (non-hydrogen) atoms. The van der Waals surface area contributed by atoms with Gasteiger partial charge in [0.05, 0.1) is 18.1 Å². The molecule has 0 bridgehead atoms. The third-order valence-corrected chi connectivity index (χ3v) is 4.19. The molecule has 0 aliphatic carbocycles. The molecule has 8 heteroatoms. The second-order valence-corrected chi connectivity index (χ2v) is 6.27. The molecule has 7 nitrogen and oxygen atoms in total. The van der Waals surface area contributed by atoms with Gasteiger partial charge in [0.25, 0.3) is 10.0 Å². The first-order valence-corrected chi connectivity index (χ1v) is 7.95. The Bertz CT molecular complexity index is 890. The van der Waals surface area contributed by atoms with Gasteiger partial charge in [-0.15, -0.1) is 0 Å². The Hall–Kier alpha value is -2.74. The lowest BCUT2D eigenvalue weighted by molar-refractivity contribution is 0.600. The highest BCUT2D eigenvalue weighted by Crippen LogP contribution is 2.14. The van der Waals surface area contributed by atoms with Gasteiger partial charge in [0, 0.05) is 11.9 Å². The van der Waals surface area contributed by atoms with E-state index < -0.39 is 10.0 Å². The number of sulfonamides is 1. The Labute approximate surface area is 127 Å². The maximum atomic E-state index is 12.3. The van der Waals surface area contributed by atoms with E-state index in [9.17, 15) is 8.42 Å². The predicted octanol–water partition coefficient (Wildman–Crippen LogP) is 1.77. The molecular weight excluding hydrogens is 302 g/mol. The van der Waals surface area contributed by atoms with Gasteiger partial charge in [-0.2, -0.15) is 5.10 Å². The van der Waals surface area contributed by atoms with Crippen molar-refractivity contribution in [3.63, 3.8) is 0 Å². The van der Waals surface area contributed by atoms with Gasteiger partial charge in [0.1, 0.15) is 4.90 Å². The van der Waals surface area contributed by atoms with E-state index in [0.29, 0.717) is 5.69 Å². The zero-order valence-corrected chi connectivity index (χ0v) is 12.5. The molecule has 2 aromatic heterocycles. The van der Waals surface area contributed by atoms with Crippen LogP contribution in [0, 0.1) is 6.92 Å². The first-order chi connectivity index (χ1) is 10.5. The Morgan fingerprint density at radius 3 is 2.64 bits per heavy atom. The molecule has 0 saturated carbocycles. The molecule has 0 atom stereocenters. The van der Waals surface area contributed by atoms with E-state index in [2.05, 4.69) is 19.8 Å². The van der Waals surface area contributed by atoms with E-state index in [0.717, 1.165) is 5.69 Å². The third-order valence-electron chi connectivity index (χ3n) is 2.91. The summed E-state index contributed by atoms with van der Waals surface area (Å²) in [5.41, 5.74) is 1.45.